The van der Waals surface area contributed by atoms with Gasteiger partial charge in [0.15, 0.2) is 0 Å². The van der Waals surface area contributed by atoms with Crippen LogP contribution in [-0.4, -0.2) is 52.9 Å². The van der Waals surface area contributed by atoms with E-state index in [0.717, 1.165) is 59.3 Å². The molecule has 1 fully saturated rings. The molecule has 5 rings (SSSR count). The highest BCUT2D eigenvalue weighted by Crippen LogP contribution is 2.45. The lowest BCUT2D eigenvalue weighted by molar-refractivity contribution is 0.0586. The Morgan fingerprint density at radius 3 is 2.30 bits per heavy atom. The number of methoxy groups -OCH3 is 2. The van der Waals surface area contributed by atoms with E-state index in [2.05, 4.69) is 0 Å². The molecule has 33 heavy (non-hydrogen) atoms. The Bertz CT molecular complexity index is 1270. The lowest BCUT2D eigenvalue weighted by Gasteiger charge is -2.41. The molecule has 0 saturated carbocycles. The number of carbonyl (C=O) groups is 1. The minimum absolute atomic E-state index is 0.0161. The van der Waals surface area contributed by atoms with E-state index >= 15 is 0 Å². The van der Waals surface area contributed by atoms with Crippen LogP contribution in [0.25, 0.3) is 21.5 Å². The van der Waals surface area contributed by atoms with Crippen molar-refractivity contribution in [2.75, 3.05) is 20.8 Å². The average Bonchev–Trinajstić information content (AvgIpc) is 2.86. The van der Waals surface area contributed by atoms with Crippen LogP contribution in [0.2, 0.25) is 0 Å². The molecule has 2 aliphatic heterocycles. The van der Waals surface area contributed by atoms with Crippen molar-refractivity contribution in [3.8, 4) is 11.5 Å². The van der Waals surface area contributed by atoms with E-state index < -0.39 is 0 Å². The van der Waals surface area contributed by atoms with E-state index in [1.165, 1.54) is 7.11 Å². The van der Waals surface area contributed by atoms with Crippen LogP contribution in [0.4, 0.5) is 0 Å². The highest BCUT2D eigenvalue weighted by atomic mass is 16.5. The number of aliphatic hydroxyl groups is 3. The van der Waals surface area contributed by atoms with Crippen LogP contribution in [-0.2, 0) is 26.2 Å². The van der Waals surface area contributed by atoms with Gasteiger partial charge in [-0.1, -0.05) is 0 Å². The molecule has 2 heterocycles. The van der Waals surface area contributed by atoms with Crippen LogP contribution in [0.5, 0.6) is 11.5 Å². The Balaban J connectivity index is 1.99. The number of piperidine rings is 1. The zero-order valence-corrected chi connectivity index (χ0v) is 19.0. The highest BCUT2D eigenvalue weighted by Gasteiger charge is 2.37. The lowest BCUT2D eigenvalue weighted by Crippen LogP contribution is -2.48. The summed E-state index contributed by atoms with van der Waals surface area (Å²) in [4.78, 5) is 15.8. The SMILES string of the molecule is COc1cc2c3c(c4cc(OC)c(CO)c(CO)c4c2cc1CO)CC1CCCCN1C3=O. The third-order valence-electron chi connectivity index (χ3n) is 7.34. The third-order valence-corrected chi connectivity index (χ3v) is 7.34. The Morgan fingerprint density at radius 1 is 0.909 bits per heavy atom. The Morgan fingerprint density at radius 2 is 1.64 bits per heavy atom. The third kappa shape index (κ3) is 3.18. The number of hydrogen-bond donors (Lipinski definition) is 3. The summed E-state index contributed by atoms with van der Waals surface area (Å²) < 4.78 is 11.1. The number of benzene rings is 3. The summed E-state index contributed by atoms with van der Waals surface area (Å²) >= 11 is 0. The van der Waals surface area contributed by atoms with Crippen molar-refractivity contribution in [2.45, 2.75) is 51.5 Å². The number of fused-ring (bicyclic) bond motifs is 7. The molecule has 1 unspecified atom stereocenters. The molecule has 0 bridgehead atoms. The van der Waals surface area contributed by atoms with Crippen molar-refractivity contribution in [2.24, 2.45) is 0 Å². The second kappa shape index (κ2) is 8.48. The van der Waals surface area contributed by atoms with E-state index in [9.17, 15) is 20.1 Å². The Hall–Kier alpha value is -2.87. The Kier molecular flexibility index (Phi) is 5.64. The van der Waals surface area contributed by atoms with Crippen molar-refractivity contribution >= 4 is 27.5 Å². The summed E-state index contributed by atoms with van der Waals surface area (Å²) in [7, 11) is 3.09. The molecule has 174 valence electrons. The van der Waals surface area contributed by atoms with Crippen molar-refractivity contribution in [1.29, 1.82) is 0 Å². The molecule has 2 aliphatic rings. The minimum Gasteiger partial charge on any atom is -0.496 e. The maximum Gasteiger partial charge on any atom is 0.255 e. The molecule has 1 saturated heterocycles. The minimum atomic E-state index is -0.290. The second-order valence-corrected chi connectivity index (χ2v) is 8.85. The van der Waals surface area contributed by atoms with Crippen LogP contribution in [0.1, 0.15) is 51.9 Å². The van der Waals surface area contributed by atoms with Gasteiger partial charge in [0.2, 0.25) is 0 Å². The number of hydrogen-bond acceptors (Lipinski definition) is 6. The molecule has 1 atom stereocenters. The highest BCUT2D eigenvalue weighted by molar-refractivity contribution is 6.21. The molecule has 0 spiro atoms. The molecule has 0 aromatic heterocycles. The van der Waals surface area contributed by atoms with Crippen LogP contribution in [0, 0.1) is 0 Å². The maximum atomic E-state index is 13.8. The van der Waals surface area contributed by atoms with Crippen molar-refractivity contribution in [3.63, 3.8) is 0 Å². The smallest absolute Gasteiger partial charge is 0.255 e. The fourth-order valence-corrected chi connectivity index (χ4v) is 5.79. The molecular weight excluding hydrogens is 422 g/mol. The number of ether oxygens (including phenoxy) is 2. The summed E-state index contributed by atoms with van der Waals surface area (Å²) in [6.07, 6.45) is 3.80. The van der Waals surface area contributed by atoms with E-state index in [0.29, 0.717) is 33.8 Å². The van der Waals surface area contributed by atoms with Gasteiger partial charge in [0.25, 0.3) is 5.91 Å². The molecule has 3 N–H and O–H groups in total. The monoisotopic (exact) mass is 451 g/mol. The summed E-state index contributed by atoms with van der Waals surface area (Å²) in [6, 6.07) is 5.69. The first-order chi connectivity index (χ1) is 16.1. The summed E-state index contributed by atoms with van der Waals surface area (Å²) in [5.41, 5.74) is 3.29. The van der Waals surface area contributed by atoms with Gasteiger partial charge in [-0.3, -0.25) is 4.79 Å². The van der Waals surface area contributed by atoms with Crippen LogP contribution in [0.3, 0.4) is 0 Å². The second-order valence-electron chi connectivity index (χ2n) is 8.85. The zero-order valence-electron chi connectivity index (χ0n) is 19.0. The number of rotatable bonds is 5. The molecule has 3 aromatic rings. The Labute approximate surface area is 192 Å². The fourth-order valence-electron chi connectivity index (χ4n) is 5.79. The standard InChI is InChI=1S/C26H29NO6/c1-32-22-9-19-16(7-14(22)11-28)24-18(10-23(33-2)20(12-29)21(24)13-30)17-8-15-5-3-4-6-27(15)26(31)25(17)19/h7,9-10,15,28-30H,3-6,8,11-13H2,1-2H3. The first kappa shape index (κ1) is 21.9. The van der Waals surface area contributed by atoms with Crippen molar-refractivity contribution < 1.29 is 29.6 Å². The molecule has 0 aliphatic carbocycles. The quantitative estimate of drug-likeness (QED) is 0.516. The van der Waals surface area contributed by atoms with Gasteiger partial charge in [-0.05, 0) is 76.6 Å². The largest absolute Gasteiger partial charge is 0.496 e. The first-order valence-corrected chi connectivity index (χ1v) is 11.4. The normalized spacial score (nSPS) is 17.9. The van der Waals surface area contributed by atoms with Crippen molar-refractivity contribution in [3.05, 3.63) is 46.0 Å². The van der Waals surface area contributed by atoms with E-state index in [4.69, 9.17) is 9.47 Å². The van der Waals surface area contributed by atoms with Gasteiger partial charge < -0.3 is 29.7 Å². The summed E-state index contributed by atoms with van der Waals surface area (Å²) in [5.74, 6) is 1.02. The number of carbonyl (C=O) groups excluding carboxylic acids is 1. The van der Waals surface area contributed by atoms with E-state index in [1.807, 2.05) is 23.1 Å². The number of nitrogens with zero attached hydrogens (tertiary/aromatic N) is 1. The topological polar surface area (TPSA) is 99.5 Å². The fraction of sp³-hybridized carbons (Fsp3) is 0.423. The molecule has 7 nitrogen and oxygen atoms in total. The van der Waals surface area contributed by atoms with Gasteiger partial charge in [-0.2, -0.15) is 0 Å². The van der Waals surface area contributed by atoms with Gasteiger partial charge in [0, 0.05) is 23.7 Å². The first-order valence-electron chi connectivity index (χ1n) is 11.4. The van der Waals surface area contributed by atoms with Crippen LogP contribution in [0.15, 0.2) is 18.2 Å². The zero-order chi connectivity index (χ0) is 23.3. The number of amides is 1. The predicted molar refractivity (Wildman–Crippen MR) is 125 cm³/mol. The van der Waals surface area contributed by atoms with Crippen LogP contribution < -0.4 is 9.47 Å². The van der Waals surface area contributed by atoms with Gasteiger partial charge in [0.05, 0.1) is 39.6 Å². The van der Waals surface area contributed by atoms with Crippen molar-refractivity contribution in [1.82, 2.24) is 4.90 Å². The van der Waals surface area contributed by atoms with Gasteiger partial charge in [-0.15, -0.1) is 0 Å². The van der Waals surface area contributed by atoms with Crippen LogP contribution >= 0.6 is 0 Å². The van der Waals surface area contributed by atoms with Gasteiger partial charge in [-0.25, -0.2) is 0 Å². The van der Waals surface area contributed by atoms with E-state index in [-0.39, 0.29) is 31.8 Å². The summed E-state index contributed by atoms with van der Waals surface area (Å²) in [5, 5.41) is 33.6. The molecule has 3 aromatic carbocycles. The van der Waals surface area contributed by atoms with E-state index in [1.54, 1.807) is 7.11 Å². The average molecular weight is 452 g/mol. The van der Waals surface area contributed by atoms with Gasteiger partial charge in [0.1, 0.15) is 11.5 Å². The lowest BCUT2D eigenvalue weighted by atomic mass is 9.80. The molecular formula is C26H29NO6. The summed E-state index contributed by atoms with van der Waals surface area (Å²) in [6.45, 7) is -0.0479. The van der Waals surface area contributed by atoms with Gasteiger partial charge >= 0.3 is 0 Å². The molecule has 1 amide bonds. The molecule has 0 radical (unpaired) electrons. The maximum absolute atomic E-state index is 13.8. The number of aliphatic hydroxyl groups excluding tert-OH is 3. The predicted octanol–water partition coefficient (Wildman–Crippen LogP) is 3.04. The molecule has 7 heteroatoms.